The van der Waals surface area contributed by atoms with Gasteiger partial charge in [0.2, 0.25) is 17.6 Å². The van der Waals surface area contributed by atoms with Crippen LogP contribution < -0.4 is 21.3 Å². The highest BCUT2D eigenvalue weighted by molar-refractivity contribution is 6.38. The van der Waals surface area contributed by atoms with Gasteiger partial charge in [-0.2, -0.15) is 0 Å². The molecule has 1 aliphatic rings. The Morgan fingerprint density at radius 1 is 0.958 bits per heavy atom. The van der Waals surface area contributed by atoms with Gasteiger partial charge in [-0.15, -0.1) is 6.58 Å². The van der Waals surface area contributed by atoms with Gasteiger partial charge in [-0.05, 0) is 46.0 Å². The summed E-state index contributed by atoms with van der Waals surface area (Å²) in [6.45, 7) is 17.4. The van der Waals surface area contributed by atoms with Crippen molar-refractivity contribution < 1.29 is 47.8 Å². The Hall–Kier alpha value is -4.50. The third-order valence-electron chi connectivity index (χ3n) is 7.04. The number of hydrogen-bond acceptors (Lipinski definition) is 10. The van der Waals surface area contributed by atoms with Crippen molar-refractivity contribution in [1.29, 1.82) is 0 Å². The molecule has 48 heavy (non-hydrogen) atoms. The fourth-order valence-electron chi connectivity index (χ4n) is 4.71. The SMILES string of the molecule is C=CCNC(=O)C(=O)C(CCC)NC(=O)C1CN(CC(=O)OCC)C(=O)N1C(=O)C(NC(=O)C(NC(=O)OC(C)(C)C)C(C)C)C(C)C. The van der Waals surface area contributed by atoms with E-state index in [1.165, 1.54) is 6.08 Å². The minimum atomic E-state index is -1.54. The number of carbonyl (C=O) groups is 8. The summed E-state index contributed by atoms with van der Waals surface area (Å²) in [6, 6.07) is -6.30. The highest BCUT2D eigenvalue weighted by Crippen LogP contribution is 2.21. The Morgan fingerprint density at radius 3 is 2.06 bits per heavy atom. The number of amides is 7. The predicted molar refractivity (Wildman–Crippen MR) is 174 cm³/mol. The number of nitrogens with one attached hydrogen (secondary N) is 4. The van der Waals surface area contributed by atoms with Crippen LogP contribution in [0.1, 0.15) is 75.2 Å². The van der Waals surface area contributed by atoms with Gasteiger partial charge in [-0.3, -0.25) is 28.8 Å². The number of ketones is 1. The Kier molecular flexibility index (Phi) is 16.2. The molecule has 270 valence electrons. The molecule has 16 heteroatoms. The molecular formula is C32H52N6O10. The number of alkyl carbamates (subject to hydrolysis) is 1. The summed E-state index contributed by atoms with van der Waals surface area (Å²) >= 11 is 0. The van der Waals surface area contributed by atoms with Crippen molar-refractivity contribution in [3.05, 3.63) is 12.7 Å². The van der Waals surface area contributed by atoms with Crippen LogP contribution in [-0.4, -0.2) is 113 Å². The van der Waals surface area contributed by atoms with Crippen molar-refractivity contribution in [3.63, 3.8) is 0 Å². The second-order valence-electron chi connectivity index (χ2n) is 13.0. The van der Waals surface area contributed by atoms with Gasteiger partial charge in [0.1, 0.15) is 30.3 Å². The number of carbonyl (C=O) groups excluding carboxylic acids is 8. The molecule has 0 spiro atoms. The fourth-order valence-corrected chi connectivity index (χ4v) is 4.71. The molecule has 1 saturated heterocycles. The van der Waals surface area contributed by atoms with Crippen LogP contribution in [0, 0.1) is 11.8 Å². The quantitative estimate of drug-likeness (QED) is 0.0974. The molecule has 1 rings (SSSR count). The topological polar surface area (TPSA) is 210 Å². The molecule has 4 unspecified atom stereocenters. The van der Waals surface area contributed by atoms with Gasteiger partial charge >= 0.3 is 18.1 Å². The van der Waals surface area contributed by atoms with E-state index in [4.69, 9.17) is 9.47 Å². The fraction of sp³-hybridized carbons (Fsp3) is 0.688. The molecule has 1 heterocycles. The van der Waals surface area contributed by atoms with Crippen LogP contribution in [0.25, 0.3) is 0 Å². The molecule has 7 amide bonds. The summed E-state index contributed by atoms with van der Waals surface area (Å²) < 4.78 is 10.2. The number of ether oxygens (including phenoxy) is 2. The summed E-state index contributed by atoms with van der Waals surface area (Å²) in [5, 5.41) is 9.97. The van der Waals surface area contributed by atoms with Crippen molar-refractivity contribution in [1.82, 2.24) is 31.1 Å². The lowest BCUT2D eigenvalue weighted by molar-refractivity contribution is -0.143. The zero-order valence-corrected chi connectivity index (χ0v) is 29.5. The number of Topliss-reactive ketones (excluding diaryl/α,β-unsaturated/α-hetero) is 1. The van der Waals surface area contributed by atoms with Gasteiger partial charge in [0.05, 0.1) is 19.2 Å². The molecule has 0 radical (unpaired) electrons. The number of imide groups is 1. The lowest BCUT2D eigenvalue weighted by Gasteiger charge is -2.31. The van der Waals surface area contributed by atoms with Crippen LogP contribution >= 0.6 is 0 Å². The number of nitrogens with zero attached hydrogens (tertiary/aromatic N) is 2. The molecule has 16 nitrogen and oxygen atoms in total. The number of hydrogen-bond donors (Lipinski definition) is 4. The Morgan fingerprint density at radius 2 is 1.56 bits per heavy atom. The number of rotatable bonds is 17. The monoisotopic (exact) mass is 680 g/mol. The van der Waals surface area contributed by atoms with Crippen molar-refractivity contribution in [3.8, 4) is 0 Å². The summed E-state index contributed by atoms with van der Waals surface area (Å²) in [5.41, 5.74) is -0.838. The maximum Gasteiger partial charge on any atom is 0.408 e. The Balaban J connectivity index is 3.44. The lowest BCUT2D eigenvalue weighted by atomic mass is 9.99. The van der Waals surface area contributed by atoms with Crippen LogP contribution in [0.3, 0.4) is 0 Å². The van der Waals surface area contributed by atoms with E-state index in [-0.39, 0.29) is 19.6 Å². The Labute approximate surface area is 282 Å². The Bertz CT molecular complexity index is 1230. The molecular weight excluding hydrogens is 628 g/mol. The summed E-state index contributed by atoms with van der Waals surface area (Å²) in [5.74, 6) is -6.34. The molecule has 1 aliphatic heterocycles. The van der Waals surface area contributed by atoms with Crippen LogP contribution in [0.5, 0.6) is 0 Å². The zero-order valence-electron chi connectivity index (χ0n) is 29.5. The highest BCUT2D eigenvalue weighted by Gasteiger charge is 2.49. The second kappa shape index (κ2) is 18.7. The van der Waals surface area contributed by atoms with Crippen LogP contribution in [0.15, 0.2) is 12.7 Å². The minimum absolute atomic E-state index is 0.0207. The van der Waals surface area contributed by atoms with E-state index < -0.39 is 102 Å². The van der Waals surface area contributed by atoms with Gasteiger partial charge in [0.25, 0.3) is 11.8 Å². The molecule has 4 N–H and O–H groups in total. The van der Waals surface area contributed by atoms with Crippen molar-refractivity contribution in [2.24, 2.45) is 11.8 Å². The first kappa shape index (κ1) is 41.5. The molecule has 0 saturated carbocycles. The van der Waals surface area contributed by atoms with Crippen LogP contribution in [-0.2, 0) is 38.2 Å². The summed E-state index contributed by atoms with van der Waals surface area (Å²) in [4.78, 5) is 106. The van der Waals surface area contributed by atoms with Crippen molar-refractivity contribution in [2.75, 3.05) is 26.2 Å². The van der Waals surface area contributed by atoms with Gasteiger partial charge in [-0.1, -0.05) is 47.1 Å². The molecule has 0 aromatic carbocycles. The predicted octanol–water partition coefficient (Wildman–Crippen LogP) is 1.03. The zero-order chi connectivity index (χ0) is 36.9. The average molecular weight is 681 g/mol. The first-order chi connectivity index (χ1) is 22.3. The molecule has 4 atom stereocenters. The van der Waals surface area contributed by atoms with E-state index in [2.05, 4.69) is 27.8 Å². The van der Waals surface area contributed by atoms with E-state index >= 15 is 0 Å². The highest BCUT2D eigenvalue weighted by atomic mass is 16.6. The average Bonchev–Trinajstić information content (AvgIpc) is 3.30. The van der Waals surface area contributed by atoms with Gasteiger partial charge in [-0.25, -0.2) is 14.5 Å². The maximum absolute atomic E-state index is 14.1. The van der Waals surface area contributed by atoms with Crippen LogP contribution in [0.4, 0.5) is 9.59 Å². The molecule has 0 aromatic heterocycles. The second-order valence-corrected chi connectivity index (χ2v) is 13.0. The number of esters is 1. The first-order valence-corrected chi connectivity index (χ1v) is 16.1. The van der Waals surface area contributed by atoms with E-state index in [9.17, 15) is 38.4 Å². The van der Waals surface area contributed by atoms with Gasteiger partial charge in [0, 0.05) is 6.54 Å². The molecule has 0 bridgehead atoms. The maximum atomic E-state index is 14.1. The standard InChI is InChI=1S/C32H52N6O10/c1-11-14-20(25(40)28(43)33-15-12-2)34-26(41)21-16-37(17-22(39)47-13-3)31(46)38(21)29(44)24(19(6)7)35-27(42)23(18(4)5)36-30(45)48-32(8,9)10/h12,18-21,23-24H,2,11,13-17H2,1,3-10H3,(H,33,43)(H,34,41)(H,35,42)(H,36,45). The van der Waals surface area contributed by atoms with Gasteiger partial charge in [0.15, 0.2) is 0 Å². The molecule has 0 aliphatic carbocycles. The third kappa shape index (κ3) is 12.3. The summed E-state index contributed by atoms with van der Waals surface area (Å²) in [6.07, 6.45) is 1.02. The largest absolute Gasteiger partial charge is 0.465 e. The third-order valence-corrected chi connectivity index (χ3v) is 7.04. The lowest BCUT2D eigenvalue weighted by Crippen LogP contribution is -2.61. The summed E-state index contributed by atoms with van der Waals surface area (Å²) in [7, 11) is 0. The smallest absolute Gasteiger partial charge is 0.408 e. The number of urea groups is 1. The van der Waals surface area contributed by atoms with Crippen LogP contribution in [0.2, 0.25) is 0 Å². The van der Waals surface area contributed by atoms with Crippen molar-refractivity contribution >= 4 is 47.5 Å². The van der Waals surface area contributed by atoms with E-state index in [0.717, 1.165) is 4.90 Å². The van der Waals surface area contributed by atoms with Gasteiger partial charge < -0.3 is 35.6 Å². The van der Waals surface area contributed by atoms with E-state index in [1.807, 2.05) is 0 Å². The normalized spacial score (nSPS) is 16.5. The first-order valence-electron chi connectivity index (χ1n) is 16.1. The van der Waals surface area contributed by atoms with E-state index in [0.29, 0.717) is 11.3 Å². The molecule has 0 aromatic rings. The minimum Gasteiger partial charge on any atom is -0.465 e. The van der Waals surface area contributed by atoms with E-state index in [1.54, 1.807) is 62.3 Å². The molecule has 1 fully saturated rings. The van der Waals surface area contributed by atoms with Crippen molar-refractivity contribution in [2.45, 2.75) is 105 Å².